The first-order valence-electron chi connectivity index (χ1n) is 8.80. The van der Waals surface area contributed by atoms with E-state index in [-0.39, 0.29) is 23.8 Å². The van der Waals surface area contributed by atoms with Crippen molar-refractivity contribution in [2.45, 2.75) is 26.8 Å². The SMILES string of the molecule is CCc1cc(=O)n(CC(=O)Nc2ccc(Br)cc2C)c(-c2ccc(F)cc2)n1. The summed E-state index contributed by atoms with van der Waals surface area (Å²) in [5.41, 5.74) is 2.43. The molecule has 1 N–H and O–H groups in total. The van der Waals surface area contributed by atoms with Gasteiger partial charge >= 0.3 is 0 Å². The molecule has 1 amide bonds. The Kier molecular flexibility index (Phi) is 6.04. The Morgan fingerprint density at radius 1 is 1.18 bits per heavy atom. The molecule has 0 radical (unpaired) electrons. The summed E-state index contributed by atoms with van der Waals surface area (Å²) in [6, 6.07) is 12.6. The average Bonchev–Trinajstić information content (AvgIpc) is 2.66. The second-order valence-corrected chi connectivity index (χ2v) is 7.28. The zero-order valence-electron chi connectivity index (χ0n) is 15.5. The van der Waals surface area contributed by atoms with Crippen LogP contribution in [0.15, 0.2) is 57.8 Å². The Morgan fingerprint density at radius 3 is 2.54 bits per heavy atom. The van der Waals surface area contributed by atoms with Gasteiger partial charge in [0.2, 0.25) is 5.91 Å². The Bertz CT molecular complexity index is 1080. The molecule has 5 nitrogen and oxygen atoms in total. The summed E-state index contributed by atoms with van der Waals surface area (Å²) < 4.78 is 15.5. The van der Waals surface area contributed by atoms with Crippen molar-refractivity contribution in [3.05, 3.63) is 80.4 Å². The number of aromatic nitrogens is 2. The minimum Gasteiger partial charge on any atom is -0.324 e. The highest BCUT2D eigenvalue weighted by molar-refractivity contribution is 9.10. The van der Waals surface area contributed by atoms with Gasteiger partial charge in [-0.2, -0.15) is 0 Å². The Balaban J connectivity index is 1.95. The van der Waals surface area contributed by atoms with Crippen LogP contribution in [0.1, 0.15) is 18.2 Å². The topological polar surface area (TPSA) is 64.0 Å². The van der Waals surface area contributed by atoms with Gasteiger partial charge in [0.1, 0.15) is 18.2 Å². The van der Waals surface area contributed by atoms with E-state index in [4.69, 9.17) is 0 Å². The summed E-state index contributed by atoms with van der Waals surface area (Å²) in [4.78, 5) is 29.7. The third kappa shape index (κ3) is 4.54. The smallest absolute Gasteiger partial charge is 0.254 e. The fraction of sp³-hybridized carbons (Fsp3) is 0.190. The van der Waals surface area contributed by atoms with Crippen LogP contribution in [0.25, 0.3) is 11.4 Å². The van der Waals surface area contributed by atoms with Gasteiger partial charge in [0.05, 0.1) is 0 Å². The van der Waals surface area contributed by atoms with E-state index < -0.39 is 0 Å². The summed E-state index contributed by atoms with van der Waals surface area (Å²) in [6.45, 7) is 3.58. The van der Waals surface area contributed by atoms with Gasteiger partial charge in [0.25, 0.3) is 5.56 Å². The molecule has 0 spiro atoms. The van der Waals surface area contributed by atoms with E-state index in [1.807, 2.05) is 26.0 Å². The molecule has 0 saturated heterocycles. The maximum absolute atomic E-state index is 13.3. The minimum atomic E-state index is -0.382. The van der Waals surface area contributed by atoms with Crippen LogP contribution >= 0.6 is 15.9 Å². The highest BCUT2D eigenvalue weighted by Gasteiger charge is 2.14. The van der Waals surface area contributed by atoms with Gasteiger partial charge in [-0.3, -0.25) is 14.2 Å². The van der Waals surface area contributed by atoms with E-state index in [1.165, 1.54) is 22.8 Å². The molecule has 0 fully saturated rings. The molecule has 3 aromatic rings. The number of carbonyl (C=O) groups is 1. The van der Waals surface area contributed by atoms with Crippen molar-refractivity contribution < 1.29 is 9.18 Å². The third-order valence-electron chi connectivity index (χ3n) is 4.29. The number of hydrogen-bond donors (Lipinski definition) is 1. The molecule has 28 heavy (non-hydrogen) atoms. The van der Waals surface area contributed by atoms with Crippen molar-refractivity contribution in [2.24, 2.45) is 0 Å². The standard InChI is InChI=1S/C21H19BrFN3O2/c1-3-17-11-20(28)26(21(24-17)14-4-7-16(23)8-5-14)12-19(27)25-18-9-6-15(22)10-13(18)2/h4-11H,3,12H2,1-2H3,(H,25,27). The van der Waals surface area contributed by atoms with Crippen LogP contribution in [0.5, 0.6) is 0 Å². The third-order valence-corrected chi connectivity index (χ3v) is 4.78. The molecule has 3 rings (SSSR count). The van der Waals surface area contributed by atoms with Crippen molar-refractivity contribution >= 4 is 27.5 Å². The van der Waals surface area contributed by atoms with Crippen LogP contribution in [-0.2, 0) is 17.8 Å². The highest BCUT2D eigenvalue weighted by atomic mass is 79.9. The first-order valence-corrected chi connectivity index (χ1v) is 9.59. The molecule has 0 aliphatic carbocycles. The van der Waals surface area contributed by atoms with Gasteiger partial charge in [-0.1, -0.05) is 22.9 Å². The van der Waals surface area contributed by atoms with Crippen LogP contribution < -0.4 is 10.9 Å². The number of aryl methyl sites for hydroxylation is 2. The van der Waals surface area contributed by atoms with E-state index in [1.54, 1.807) is 18.2 Å². The maximum Gasteiger partial charge on any atom is 0.254 e. The molecule has 144 valence electrons. The second-order valence-electron chi connectivity index (χ2n) is 6.36. The monoisotopic (exact) mass is 443 g/mol. The normalized spacial score (nSPS) is 10.7. The molecule has 7 heteroatoms. The Hall–Kier alpha value is -2.80. The predicted octanol–water partition coefficient (Wildman–Crippen LogP) is 4.32. The predicted molar refractivity (Wildman–Crippen MR) is 111 cm³/mol. The van der Waals surface area contributed by atoms with E-state index in [0.29, 0.717) is 29.2 Å². The molecule has 0 atom stereocenters. The van der Waals surface area contributed by atoms with E-state index in [2.05, 4.69) is 26.2 Å². The molecule has 2 aromatic carbocycles. The lowest BCUT2D eigenvalue weighted by atomic mass is 10.2. The first-order chi connectivity index (χ1) is 13.4. The number of halogens is 2. The van der Waals surface area contributed by atoms with E-state index in [9.17, 15) is 14.0 Å². The van der Waals surface area contributed by atoms with Crippen LogP contribution in [0.4, 0.5) is 10.1 Å². The molecule has 0 aliphatic heterocycles. The average molecular weight is 444 g/mol. The summed E-state index contributed by atoms with van der Waals surface area (Å²) in [5, 5.41) is 2.82. The summed E-state index contributed by atoms with van der Waals surface area (Å²) in [7, 11) is 0. The fourth-order valence-corrected chi connectivity index (χ4v) is 3.28. The Morgan fingerprint density at radius 2 is 1.89 bits per heavy atom. The lowest BCUT2D eigenvalue weighted by molar-refractivity contribution is -0.116. The second kappa shape index (κ2) is 8.48. The molecule has 0 bridgehead atoms. The van der Waals surface area contributed by atoms with Gasteiger partial charge in [-0.25, -0.2) is 9.37 Å². The van der Waals surface area contributed by atoms with Crippen molar-refractivity contribution in [3.63, 3.8) is 0 Å². The van der Waals surface area contributed by atoms with Gasteiger partial charge in [0.15, 0.2) is 0 Å². The number of hydrogen-bond acceptors (Lipinski definition) is 3. The number of amides is 1. The lowest BCUT2D eigenvalue weighted by Gasteiger charge is -2.14. The van der Waals surface area contributed by atoms with Crippen molar-refractivity contribution in [1.29, 1.82) is 0 Å². The lowest BCUT2D eigenvalue weighted by Crippen LogP contribution is -2.30. The zero-order valence-corrected chi connectivity index (χ0v) is 17.1. The van der Waals surface area contributed by atoms with Crippen molar-refractivity contribution in [3.8, 4) is 11.4 Å². The van der Waals surface area contributed by atoms with Crippen molar-refractivity contribution in [2.75, 3.05) is 5.32 Å². The molecular formula is C21H19BrFN3O2. The van der Waals surface area contributed by atoms with E-state index >= 15 is 0 Å². The summed E-state index contributed by atoms with van der Waals surface area (Å²) >= 11 is 3.39. The highest BCUT2D eigenvalue weighted by Crippen LogP contribution is 2.21. The molecule has 1 aromatic heterocycles. The maximum atomic E-state index is 13.3. The molecular weight excluding hydrogens is 425 g/mol. The number of nitrogens with zero attached hydrogens (tertiary/aromatic N) is 2. The van der Waals surface area contributed by atoms with Crippen molar-refractivity contribution in [1.82, 2.24) is 9.55 Å². The molecule has 0 aliphatic rings. The van der Waals surface area contributed by atoms with Gasteiger partial charge in [-0.05, 0) is 61.4 Å². The number of rotatable bonds is 5. The largest absolute Gasteiger partial charge is 0.324 e. The zero-order chi connectivity index (χ0) is 20.3. The number of nitrogens with one attached hydrogen (secondary N) is 1. The summed E-state index contributed by atoms with van der Waals surface area (Å²) in [6.07, 6.45) is 0.578. The van der Waals surface area contributed by atoms with Crippen LogP contribution in [-0.4, -0.2) is 15.5 Å². The quantitative estimate of drug-likeness (QED) is 0.638. The number of benzene rings is 2. The molecule has 0 unspecified atom stereocenters. The molecule has 1 heterocycles. The number of anilines is 1. The minimum absolute atomic E-state index is 0.196. The van der Waals surface area contributed by atoms with Crippen LogP contribution in [0.2, 0.25) is 0 Å². The molecule has 0 saturated carbocycles. The van der Waals surface area contributed by atoms with E-state index in [0.717, 1.165) is 10.0 Å². The van der Waals surface area contributed by atoms with Crippen LogP contribution in [0.3, 0.4) is 0 Å². The summed E-state index contributed by atoms with van der Waals surface area (Å²) in [5.74, 6) is -0.387. The fourth-order valence-electron chi connectivity index (χ4n) is 2.81. The van der Waals surface area contributed by atoms with Gasteiger partial charge in [0, 0.05) is 27.5 Å². The van der Waals surface area contributed by atoms with Crippen LogP contribution in [0, 0.1) is 12.7 Å². The van der Waals surface area contributed by atoms with Gasteiger partial charge in [-0.15, -0.1) is 0 Å². The first kappa shape index (κ1) is 19.9. The number of carbonyl (C=O) groups excluding carboxylic acids is 1. The Labute approximate surface area is 170 Å². The van der Waals surface area contributed by atoms with Gasteiger partial charge < -0.3 is 5.32 Å².